The fourth-order valence-corrected chi connectivity index (χ4v) is 11.3. The highest BCUT2D eigenvalue weighted by Gasteiger charge is 2.61. The number of hydrogen-bond donors (Lipinski definition) is 9. The maximum Gasteiger partial charge on any atom is 0.404 e. The van der Waals surface area contributed by atoms with E-state index in [1.807, 2.05) is 0 Å². The van der Waals surface area contributed by atoms with E-state index in [-0.39, 0.29) is 30.9 Å². The summed E-state index contributed by atoms with van der Waals surface area (Å²) in [7, 11) is 0. The van der Waals surface area contributed by atoms with Crippen LogP contribution in [0.2, 0.25) is 0 Å². The van der Waals surface area contributed by atoms with Gasteiger partial charge in [0.05, 0.1) is 31.0 Å². The highest BCUT2D eigenvalue weighted by Crippen LogP contribution is 2.41. The fourth-order valence-electron chi connectivity index (χ4n) is 11.3. The van der Waals surface area contributed by atoms with Crippen molar-refractivity contribution in [1.82, 2.24) is 16.0 Å². The lowest BCUT2D eigenvalue weighted by Gasteiger charge is -2.52. The lowest BCUT2D eigenvalue weighted by Crippen LogP contribution is -2.72. The Morgan fingerprint density at radius 1 is 0.614 bits per heavy atom. The van der Waals surface area contributed by atoms with Gasteiger partial charge >= 0.3 is 24.0 Å². The van der Waals surface area contributed by atoms with Crippen LogP contribution < -0.4 is 27.4 Å². The summed E-state index contributed by atoms with van der Waals surface area (Å²) in [6, 6.07) is -2.98. The Morgan fingerprint density at radius 3 is 1.72 bits per heavy atom. The first-order chi connectivity index (χ1) is 38.7. The largest absolute Gasteiger partial charge is 0.510 e. The summed E-state index contributed by atoms with van der Waals surface area (Å²) < 4.78 is 78.5. The number of rotatable bonds is 19. The number of amides is 5. The number of carbonyl (C=O) groups excluding carboxylic acids is 9. The molecule has 0 saturated carbocycles. The van der Waals surface area contributed by atoms with Crippen molar-refractivity contribution in [2.45, 2.75) is 218 Å². The molecule has 6 aliphatic rings. The van der Waals surface area contributed by atoms with Gasteiger partial charge in [-0.15, -0.1) is 0 Å². The number of primary amides is 2. The molecular weight excluding hydrogens is 1110 g/mol. The molecule has 31 heteroatoms. The second kappa shape index (κ2) is 27.5. The van der Waals surface area contributed by atoms with E-state index in [0.717, 1.165) is 20.8 Å². The Kier molecular flexibility index (Phi) is 22.0. The van der Waals surface area contributed by atoms with Gasteiger partial charge in [0.2, 0.25) is 17.7 Å². The van der Waals surface area contributed by atoms with Crippen LogP contribution in [0.4, 0.5) is 4.79 Å². The summed E-state index contributed by atoms with van der Waals surface area (Å²) in [6.45, 7) is 15.9. The molecule has 5 amide bonds. The number of ketones is 1. The molecular formula is C52H79N5O26. The number of esters is 3. The van der Waals surface area contributed by atoms with Gasteiger partial charge in [0.25, 0.3) is 5.91 Å². The van der Waals surface area contributed by atoms with Gasteiger partial charge in [0, 0.05) is 65.2 Å². The zero-order chi connectivity index (χ0) is 61.8. The van der Waals surface area contributed by atoms with Crippen LogP contribution in [0.15, 0.2) is 11.5 Å². The number of hydrogen-bond acceptors (Lipinski definition) is 26. The topological polar surface area (TPSA) is 443 Å². The molecule has 6 rings (SSSR count). The lowest BCUT2D eigenvalue weighted by atomic mass is 9.82. The molecule has 0 aromatic carbocycles. The average Bonchev–Trinajstić information content (AvgIpc) is 3.88. The van der Waals surface area contributed by atoms with Gasteiger partial charge < -0.3 is 109 Å². The molecule has 31 nitrogen and oxygen atoms in total. The molecule has 0 spiro atoms. The smallest absolute Gasteiger partial charge is 0.404 e. The van der Waals surface area contributed by atoms with Crippen LogP contribution >= 0.6 is 0 Å². The van der Waals surface area contributed by atoms with Crippen molar-refractivity contribution in [2.24, 2.45) is 41.1 Å². The van der Waals surface area contributed by atoms with Crippen molar-refractivity contribution in [1.29, 1.82) is 0 Å². The predicted octanol–water partition coefficient (Wildman–Crippen LogP) is -2.28. The van der Waals surface area contributed by atoms with Gasteiger partial charge in [0.15, 0.2) is 67.8 Å². The minimum absolute atomic E-state index is 0.0150. The van der Waals surface area contributed by atoms with Crippen molar-refractivity contribution in [3.63, 3.8) is 0 Å². The highest BCUT2D eigenvalue weighted by molar-refractivity contribution is 6.02. The predicted molar refractivity (Wildman–Crippen MR) is 273 cm³/mol. The number of ether oxygens (including phenoxy) is 13. The molecule has 11 N–H and O–H groups in total. The van der Waals surface area contributed by atoms with Gasteiger partial charge in [0.1, 0.15) is 54.1 Å². The molecule has 10 unspecified atom stereocenters. The molecule has 5 aliphatic heterocycles. The van der Waals surface area contributed by atoms with Gasteiger partial charge in [-0.2, -0.15) is 0 Å². The Hall–Kier alpha value is -5.71. The number of aliphatic hydroxyl groups excluding tert-OH is 3. The number of aliphatic hydroxyl groups is 4. The van der Waals surface area contributed by atoms with E-state index in [1.165, 1.54) is 20.8 Å². The van der Waals surface area contributed by atoms with Crippen LogP contribution in [0.25, 0.3) is 0 Å². The quantitative estimate of drug-likeness (QED) is 0.0486. The van der Waals surface area contributed by atoms with E-state index in [0.29, 0.717) is 0 Å². The Balaban J connectivity index is 1.37. The molecule has 468 valence electrons. The third-order valence-corrected chi connectivity index (χ3v) is 16.0. The Morgan fingerprint density at radius 2 is 1.17 bits per heavy atom. The zero-order valence-electron chi connectivity index (χ0n) is 48.1. The summed E-state index contributed by atoms with van der Waals surface area (Å²) in [5.41, 5.74) is 7.99. The highest BCUT2D eigenvalue weighted by atomic mass is 16.8. The van der Waals surface area contributed by atoms with E-state index in [2.05, 4.69) is 16.0 Å². The standard InChI is InChI=1S/C52H79N5O26/c1-17-18(2)38(74-26(10)61)49(76-30(17)15-71-25(9)60)72-16-31-40(35(65)34(56-24(8)59)48(77-31)81-41-42(83-51(54)69)52(12,70)43(44(53)66)82-46(41)68)80-47-32(55-23(7)58)21(5)36(22(6)73-47)78-50-39(75-27(11)62)20(4)19(3)37(79-50)45(67)57-33-28(63)13-14-29(33)64/h17-22,30-32,34-43,46-50,63,65,68,70H,13-16H2,1-12H3,(H2,53,66)(H2,54,69)(H,55,58)(H,56,59)(H,57,67)/t17-,18-,19+,20-,21+,22?,30?,31?,32?,34?,35+,36-,37?,38?,39?,40+,41?,42+,43?,46-,47-,48-,49+,50+,52-/m0/s1. The molecule has 5 saturated heterocycles. The van der Waals surface area contributed by atoms with E-state index in [4.69, 9.17) is 73.0 Å². The molecule has 5 heterocycles. The third-order valence-electron chi connectivity index (χ3n) is 16.0. The maximum atomic E-state index is 13.8. The normalized spacial score (nSPS) is 41.0. The van der Waals surface area contributed by atoms with Gasteiger partial charge in [-0.1, -0.05) is 34.6 Å². The van der Waals surface area contributed by atoms with Gasteiger partial charge in [-0.25, -0.2) is 4.79 Å². The first-order valence-corrected chi connectivity index (χ1v) is 27.2. The van der Waals surface area contributed by atoms with Crippen molar-refractivity contribution < 1.29 is 125 Å². The molecule has 0 aromatic rings. The number of nitrogens with one attached hydrogen (secondary N) is 3. The Labute approximate surface area is 477 Å². The molecule has 25 atom stereocenters. The van der Waals surface area contributed by atoms with Crippen molar-refractivity contribution >= 4 is 53.4 Å². The van der Waals surface area contributed by atoms with E-state index in [9.17, 15) is 63.6 Å². The van der Waals surface area contributed by atoms with Crippen LogP contribution in [-0.2, 0) is 99.9 Å². The first kappa shape index (κ1) is 66.4. The van der Waals surface area contributed by atoms with Crippen molar-refractivity contribution in [3.05, 3.63) is 11.5 Å². The summed E-state index contributed by atoms with van der Waals surface area (Å²) in [5, 5.41) is 53.6. The number of Topliss-reactive ketones (excluding diaryl/α,β-unsaturated/α-hetero) is 1. The Bertz CT molecular complexity index is 2440. The monoisotopic (exact) mass is 1190 g/mol. The summed E-state index contributed by atoms with van der Waals surface area (Å²) in [5.74, 6) is -9.41. The van der Waals surface area contributed by atoms with Crippen LogP contribution in [0.5, 0.6) is 0 Å². The van der Waals surface area contributed by atoms with Gasteiger partial charge in [-0.3, -0.25) is 38.4 Å². The summed E-state index contributed by atoms with van der Waals surface area (Å²) in [6.07, 6.45) is -28.4. The average molecular weight is 1190 g/mol. The van der Waals surface area contributed by atoms with E-state index < -0.39 is 212 Å². The first-order valence-electron chi connectivity index (χ1n) is 27.2. The zero-order valence-corrected chi connectivity index (χ0v) is 48.1. The molecule has 83 heavy (non-hydrogen) atoms. The summed E-state index contributed by atoms with van der Waals surface area (Å²) >= 11 is 0. The second-order valence-corrected chi connectivity index (χ2v) is 22.2. The fraction of sp³-hybridized carbons (Fsp3) is 0.788. The van der Waals surface area contributed by atoms with Crippen molar-refractivity contribution in [2.75, 3.05) is 13.2 Å². The van der Waals surface area contributed by atoms with Crippen LogP contribution in [0.3, 0.4) is 0 Å². The maximum absolute atomic E-state index is 13.8. The molecule has 0 radical (unpaired) electrons. The summed E-state index contributed by atoms with van der Waals surface area (Å²) in [4.78, 5) is 114. The number of carbonyl (C=O) groups is 9. The third kappa shape index (κ3) is 15.4. The van der Waals surface area contributed by atoms with Crippen LogP contribution in [0.1, 0.15) is 95.9 Å². The van der Waals surface area contributed by atoms with Gasteiger partial charge in [-0.05, 0) is 25.7 Å². The SMILES string of the molecule is CC(=O)NC1[C@H](O[C@@H]2C(CO[C@@H]3OC(COC(C)=O)[C@@H](C)[C@H](C)C3OC(C)=O)O[C@@H](OC3[C@@H](OC(N)=O)[C@](C)(O)C(C(N)=O)O[C@@H]3O)C(NC(C)=O)[C@H]2O)OC(C)[C@@H](O[C@@H]2OC(C(=O)NC3=C(O)CCC3=O)[C@H](C)[C@H](C)C2OC(C)=O)[C@@H]1C. The number of nitrogens with two attached hydrogens (primary N) is 2. The minimum Gasteiger partial charge on any atom is -0.510 e. The van der Waals surface area contributed by atoms with Crippen LogP contribution in [-0.4, -0.2) is 209 Å². The minimum atomic E-state index is -2.57. The van der Waals surface area contributed by atoms with E-state index >= 15 is 0 Å². The van der Waals surface area contributed by atoms with E-state index in [1.54, 1.807) is 41.5 Å². The van der Waals surface area contributed by atoms with Crippen LogP contribution in [0, 0.1) is 29.6 Å². The number of allylic oxidation sites excluding steroid dienone is 2. The molecule has 5 fully saturated rings. The van der Waals surface area contributed by atoms with Crippen molar-refractivity contribution in [3.8, 4) is 0 Å². The lowest BCUT2D eigenvalue weighted by molar-refractivity contribution is -0.373. The molecule has 1 aliphatic carbocycles. The molecule has 0 bridgehead atoms. The molecule has 0 aromatic heterocycles. The second-order valence-electron chi connectivity index (χ2n) is 22.2.